The van der Waals surface area contributed by atoms with E-state index in [1.165, 1.54) is 5.57 Å². The minimum atomic E-state index is 0.152. The molecule has 1 N–H and O–H groups in total. The fraction of sp³-hybridized carbons (Fsp3) is 0.556. The molecule has 2 heteroatoms. The molecule has 2 atom stereocenters. The predicted molar refractivity (Wildman–Crippen MR) is 85.7 cm³/mol. The largest absolute Gasteiger partial charge is 0.508 e. The molecule has 0 amide bonds. The molecular formula is C18H27NO. The SMILES string of the molecule is C=C(O)C1=C(C(C)C2(C)C=CC=CC2)CCN(CC)C1. The van der Waals surface area contributed by atoms with Crippen LogP contribution in [-0.2, 0) is 0 Å². The van der Waals surface area contributed by atoms with E-state index >= 15 is 0 Å². The number of aliphatic hydroxyl groups excluding tert-OH is 1. The van der Waals surface area contributed by atoms with E-state index in [0.29, 0.717) is 5.92 Å². The fourth-order valence-corrected chi connectivity index (χ4v) is 3.32. The van der Waals surface area contributed by atoms with Crippen LogP contribution in [0.2, 0.25) is 0 Å². The molecule has 2 rings (SSSR count). The summed E-state index contributed by atoms with van der Waals surface area (Å²) in [7, 11) is 0. The van der Waals surface area contributed by atoms with Gasteiger partial charge >= 0.3 is 0 Å². The lowest BCUT2D eigenvalue weighted by atomic mass is 9.68. The summed E-state index contributed by atoms with van der Waals surface area (Å²) in [6.07, 6.45) is 10.9. The van der Waals surface area contributed by atoms with Crippen molar-refractivity contribution in [3.8, 4) is 0 Å². The maximum absolute atomic E-state index is 9.98. The third-order valence-electron chi connectivity index (χ3n) is 5.06. The van der Waals surface area contributed by atoms with Crippen LogP contribution < -0.4 is 0 Å². The zero-order valence-corrected chi connectivity index (χ0v) is 13.0. The number of rotatable bonds is 4. The van der Waals surface area contributed by atoms with E-state index in [9.17, 15) is 5.11 Å². The highest BCUT2D eigenvalue weighted by Crippen LogP contribution is 2.43. The molecule has 0 aromatic heterocycles. The average Bonchev–Trinajstić information content (AvgIpc) is 2.46. The van der Waals surface area contributed by atoms with Crippen LogP contribution in [0, 0.1) is 11.3 Å². The summed E-state index contributed by atoms with van der Waals surface area (Å²) < 4.78 is 0. The molecule has 1 heterocycles. The van der Waals surface area contributed by atoms with Gasteiger partial charge in [-0.1, -0.05) is 57.2 Å². The lowest BCUT2D eigenvalue weighted by molar-refractivity contribution is 0.252. The molecule has 1 aliphatic heterocycles. The van der Waals surface area contributed by atoms with Crippen LogP contribution in [0.4, 0.5) is 0 Å². The van der Waals surface area contributed by atoms with Crippen molar-refractivity contribution >= 4 is 0 Å². The molecule has 0 aromatic rings. The molecule has 0 fully saturated rings. The molecule has 0 radical (unpaired) electrons. The Hall–Kier alpha value is -1.28. The molecule has 0 bridgehead atoms. The van der Waals surface area contributed by atoms with Gasteiger partial charge in [-0.3, -0.25) is 4.90 Å². The van der Waals surface area contributed by atoms with E-state index in [1.54, 1.807) is 0 Å². The Balaban J connectivity index is 2.30. The first kappa shape index (κ1) is 15.1. The smallest absolute Gasteiger partial charge is 0.112 e. The second kappa shape index (κ2) is 6.01. The number of allylic oxidation sites excluding steroid dienone is 4. The zero-order chi connectivity index (χ0) is 14.8. The monoisotopic (exact) mass is 273 g/mol. The van der Waals surface area contributed by atoms with Crippen LogP contribution in [-0.4, -0.2) is 29.6 Å². The van der Waals surface area contributed by atoms with Crippen molar-refractivity contribution in [2.75, 3.05) is 19.6 Å². The van der Waals surface area contributed by atoms with Crippen LogP contribution in [0.5, 0.6) is 0 Å². The van der Waals surface area contributed by atoms with Gasteiger partial charge in [-0.2, -0.15) is 0 Å². The Labute approximate surface area is 123 Å². The number of hydrogen-bond acceptors (Lipinski definition) is 2. The summed E-state index contributed by atoms with van der Waals surface area (Å²) >= 11 is 0. The van der Waals surface area contributed by atoms with Gasteiger partial charge in [0.15, 0.2) is 0 Å². The van der Waals surface area contributed by atoms with Crippen LogP contribution in [0.25, 0.3) is 0 Å². The first-order valence-corrected chi connectivity index (χ1v) is 7.65. The summed E-state index contributed by atoms with van der Waals surface area (Å²) in [5.74, 6) is 0.686. The molecule has 2 unspecified atom stereocenters. The molecule has 0 spiro atoms. The van der Waals surface area contributed by atoms with E-state index < -0.39 is 0 Å². The van der Waals surface area contributed by atoms with E-state index in [-0.39, 0.29) is 11.2 Å². The van der Waals surface area contributed by atoms with Crippen LogP contribution in [0.1, 0.15) is 33.6 Å². The first-order valence-electron chi connectivity index (χ1n) is 7.65. The molecule has 2 nitrogen and oxygen atoms in total. The highest BCUT2D eigenvalue weighted by atomic mass is 16.3. The highest BCUT2D eigenvalue weighted by Gasteiger charge is 2.34. The maximum atomic E-state index is 9.98. The van der Waals surface area contributed by atoms with Gasteiger partial charge in [0.2, 0.25) is 0 Å². The van der Waals surface area contributed by atoms with Crippen LogP contribution >= 0.6 is 0 Å². The van der Waals surface area contributed by atoms with Gasteiger partial charge < -0.3 is 5.11 Å². The van der Waals surface area contributed by atoms with Crippen molar-refractivity contribution in [2.45, 2.75) is 33.6 Å². The van der Waals surface area contributed by atoms with Gasteiger partial charge in [0.25, 0.3) is 0 Å². The van der Waals surface area contributed by atoms with Gasteiger partial charge in [0.1, 0.15) is 5.76 Å². The van der Waals surface area contributed by atoms with E-state index in [2.05, 4.69) is 56.6 Å². The summed E-state index contributed by atoms with van der Waals surface area (Å²) in [4.78, 5) is 2.37. The van der Waals surface area contributed by atoms with E-state index in [4.69, 9.17) is 0 Å². The second-order valence-corrected chi connectivity index (χ2v) is 6.29. The van der Waals surface area contributed by atoms with Crippen molar-refractivity contribution in [1.29, 1.82) is 0 Å². The molecular weight excluding hydrogens is 246 g/mol. The summed E-state index contributed by atoms with van der Waals surface area (Å²) in [5, 5.41) is 9.98. The minimum Gasteiger partial charge on any atom is -0.508 e. The molecule has 0 saturated heterocycles. The van der Waals surface area contributed by atoms with E-state index in [0.717, 1.165) is 38.0 Å². The van der Waals surface area contributed by atoms with Crippen molar-refractivity contribution in [1.82, 2.24) is 4.90 Å². The topological polar surface area (TPSA) is 23.5 Å². The lowest BCUT2D eigenvalue weighted by Gasteiger charge is -2.39. The number of likely N-dealkylation sites (N-methyl/N-ethyl adjacent to an activating group) is 1. The molecule has 2 aliphatic rings. The predicted octanol–water partition coefficient (Wildman–Crippen LogP) is 4.24. The van der Waals surface area contributed by atoms with Crippen molar-refractivity contribution < 1.29 is 5.11 Å². The van der Waals surface area contributed by atoms with Gasteiger partial charge in [-0.15, -0.1) is 0 Å². The fourth-order valence-electron chi connectivity index (χ4n) is 3.32. The standard InChI is InChI=1S/C18H27NO/c1-5-19-12-9-16(17(13-19)15(3)20)14(2)18(4)10-7-6-8-11-18/h6-8,10,14,20H,3,5,9,11-13H2,1-2,4H3. The molecule has 0 aromatic carbocycles. The van der Waals surface area contributed by atoms with Crippen molar-refractivity contribution in [3.05, 3.63) is 47.8 Å². The summed E-state index contributed by atoms with van der Waals surface area (Å²) in [6, 6.07) is 0. The molecule has 0 saturated carbocycles. The Kier molecular flexibility index (Phi) is 4.54. The molecule has 110 valence electrons. The normalized spacial score (nSPS) is 28.8. The Bertz CT molecular complexity index is 472. The Morgan fingerprint density at radius 1 is 1.50 bits per heavy atom. The van der Waals surface area contributed by atoms with Gasteiger partial charge in [-0.25, -0.2) is 0 Å². The van der Waals surface area contributed by atoms with Gasteiger partial charge in [-0.05, 0) is 30.7 Å². The number of nitrogens with zero attached hydrogens (tertiary/aromatic N) is 1. The third-order valence-corrected chi connectivity index (χ3v) is 5.06. The third kappa shape index (κ3) is 2.90. The van der Waals surface area contributed by atoms with Gasteiger partial charge in [0.05, 0.1) is 0 Å². The number of aliphatic hydroxyl groups is 1. The van der Waals surface area contributed by atoms with E-state index in [1.807, 2.05) is 0 Å². The lowest BCUT2D eigenvalue weighted by Crippen LogP contribution is -2.36. The first-order chi connectivity index (χ1) is 9.48. The summed E-state index contributed by atoms with van der Waals surface area (Å²) in [5.41, 5.74) is 2.61. The zero-order valence-electron chi connectivity index (χ0n) is 13.0. The second-order valence-electron chi connectivity index (χ2n) is 6.29. The minimum absolute atomic E-state index is 0.152. The highest BCUT2D eigenvalue weighted by molar-refractivity contribution is 5.35. The quantitative estimate of drug-likeness (QED) is 0.774. The average molecular weight is 273 g/mol. The Morgan fingerprint density at radius 3 is 2.80 bits per heavy atom. The maximum Gasteiger partial charge on any atom is 0.112 e. The van der Waals surface area contributed by atoms with Crippen molar-refractivity contribution in [2.24, 2.45) is 11.3 Å². The molecule has 20 heavy (non-hydrogen) atoms. The van der Waals surface area contributed by atoms with Gasteiger partial charge in [0, 0.05) is 18.7 Å². The van der Waals surface area contributed by atoms with Crippen molar-refractivity contribution in [3.63, 3.8) is 0 Å². The number of hydrogen-bond donors (Lipinski definition) is 1. The van der Waals surface area contributed by atoms with Crippen LogP contribution in [0.3, 0.4) is 0 Å². The Morgan fingerprint density at radius 2 is 2.25 bits per heavy atom. The summed E-state index contributed by atoms with van der Waals surface area (Å²) in [6.45, 7) is 13.5. The molecule has 1 aliphatic carbocycles. The van der Waals surface area contributed by atoms with Crippen LogP contribution in [0.15, 0.2) is 47.8 Å².